The highest BCUT2D eigenvalue weighted by Gasteiger charge is 2.24. The van der Waals surface area contributed by atoms with Crippen molar-refractivity contribution in [2.45, 2.75) is 45.1 Å². The second kappa shape index (κ2) is 6.57. The van der Waals surface area contributed by atoms with Gasteiger partial charge in [-0.2, -0.15) is 0 Å². The molecule has 2 rings (SSSR count). The molecule has 1 aromatic rings. The minimum Gasteiger partial charge on any atom is -0.487 e. The van der Waals surface area contributed by atoms with Crippen LogP contribution in [0.15, 0.2) is 16.6 Å². The maximum atomic E-state index is 14.1. The molecule has 0 bridgehead atoms. The molecule has 2 atom stereocenters. The largest absolute Gasteiger partial charge is 0.487 e. The molecule has 0 spiro atoms. The van der Waals surface area contributed by atoms with Crippen LogP contribution >= 0.6 is 15.9 Å². The van der Waals surface area contributed by atoms with Crippen LogP contribution in [-0.4, -0.2) is 17.2 Å². The van der Waals surface area contributed by atoms with E-state index in [0.29, 0.717) is 5.92 Å². The summed E-state index contributed by atoms with van der Waals surface area (Å²) in [7, 11) is 0. The van der Waals surface area contributed by atoms with Crippen molar-refractivity contribution < 1.29 is 19.0 Å². The summed E-state index contributed by atoms with van der Waals surface area (Å²) in [5, 5.41) is 8.93. The van der Waals surface area contributed by atoms with Crippen molar-refractivity contribution >= 4 is 21.9 Å². The summed E-state index contributed by atoms with van der Waals surface area (Å²) in [5.41, 5.74) is -0.0927. The minimum absolute atomic E-state index is 0.0192. The highest BCUT2D eigenvalue weighted by atomic mass is 79.9. The van der Waals surface area contributed by atoms with Crippen molar-refractivity contribution in [2.75, 3.05) is 0 Å². The van der Waals surface area contributed by atoms with Crippen molar-refractivity contribution in [1.82, 2.24) is 0 Å². The Kier molecular flexibility index (Phi) is 5.02. The van der Waals surface area contributed by atoms with Crippen LogP contribution in [0.4, 0.5) is 4.39 Å². The molecule has 3 nitrogen and oxygen atoms in total. The third-order valence-corrected chi connectivity index (χ3v) is 4.66. The van der Waals surface area contributed by atoms with Gasteiger partial charge in [0, 0.05) is 0 Å². The monoisotopic (exact) mass is 344 g/mol. The van der Waals surface area contributed by atoms with Crippen LogP contribution in [0.5, 0.6) is 5.75 Å². The number of hydrogen-bond acceptors (Lipinski definition) is 2. The summed E-state index contributed by atoms with van der Waals surface area (Å²) in [5.74, 6) is -1.03. The number of halogens is 2. The van der Waals surface area contributed by atoms with Gasteiger partial charge in [-0.15, -0.1) is 0 Å². The predicted molar refractivity (Wildman–Crippen MR) is 77.7 cm³/mol. The smallest absolute Gasteiger partial charge is 0.336 e. The fourth-order valence-electron chi connectivity index (χ4n) is 2.69. The van der Waals surface area contributed by atoms with Crippen LogP contribution in [0.3, 0.4) is 0 Å². The quantitative estimate of drug-likeness (QED) is 0.865. The Morgan fingerprint density at radius 1 is 1.50 bits per heavy atom. The SMILES string of the molecule is CCC1CCCC(Oc2ccc(C(=O)O)c(Br)c2F)C1. The number of hydrogen-bond donors (Lipinski definition) is 1. The highest BCUT2D eigenvalue weighted by Crippen LogP contribution is 2.33. The minimum atomic E-state index is -1.16. The molecule has 5 heteroatoms. The standard InChI is InChI=1S/C15H18BrFO3/c1-2-9-4-3-5-10(8-9)20-12-7-6-11(15(18)19)13(16)14(12)17/h6-7,9-10H,2-5,8H2,1H3,(H,18,19). The number of ether oxygens (including phenoxy) is 1. The van der Waals surface area contributed by atoms with E-state index in [1.807, 2.05) is 0 Å². The lowest BCUT2D eigenvalue weighted by molar-refractivity contribution is 0.0695. The molecular formula is C15H18BrFO3. The molecule has 20 heavy (non-hydrogen) atoms. The van der Waals surface area contributed by atoms with Gasteiger partial charge in [0.25, 0.3) is 0 Å². The number of rotatable bonds is 4. The molecule has 1 aromatic carbocycles. The Morgan fingerprint density at radius 2 is 2.25 bits per heavy atom. The molecule has 0 amide bonds. The summed E-state index contributed by atoms with van der Waals surface area (Å²) in [6.07, 6.45) is 5.30. The zero-order valence-electron chi connectivity index (χ0n) is 11.4. The van der Waals surface area contributed by atoms with E-state index in [-0.39, 0.29) is 21.9 Å². The lowest BCUT2D eigenvalue weighted by Crippen LogP contribution is -2.25. The second-order valence-corrected chi connectivity index (χ2v) is 6.02. The number of carboxylic acids is 1. The molecule has 110 valence electrons. The Morgan fingerprint density at radius 3 is 2.90 bits per heavy atom. The number of aromatic carboxylic acids is 1. The lowest BCUT2D eigenvalue weighted by Gasteiger charge is -2.29. The second-order valence-electron chi connectivity index (χ2n) is 5.23. The van der Waals surface area contributed by atoms with Gasteiger partial charge in [0.15, 0.2) is 11.6 Å². The first-order valence-corrected chi connectivity index (χ1v) is 7.70. The first-order chi connectivity index (χ1) is 9.52. The van der Waals surface area contributed by atoms with E-state index in [0.717, 1.165) is 25.7 Å². The van der Waals surface area contributed by atoms with Crippen molar-refractivity contribution in [1.29, 1.82) is 0 Å². The van der Waals surface area contributed by atoms with E-state index in [4.69, 9.17) is 9.84 Å². The van der Waals surface area contributed by atoms with Crippen molar-refractivity contribution in [2.24, 2.45) is 5.92 Å². The number of benzene rings is 1. The Bertz CT molecular complexity index is 504. The Labute approximate surface area is 126 Å². The van der Waals surface area contributed by atoms with Crippen LogP contribution in [0.2, 0.25) is 0 Å². The Balaban J connectivity index is 2.14. The highest BCUT2D eigenvalue weighted by molar-refractivity contribution is 9.10. The normalized spacial score (nSPS) is 22.6. The average Bonchev–Trinajstić information content (AvgIpc) is 2.44. The summed E-state index contributed by atoms with van der Waals surface area (Å²) >= 11 is 2.99. The van der Waals surface area contributed by atoms with E-state index in [2.05, 4.69) is 22.9 Å². The van der Waals surface area contributed by atoms with E-state index < -0.39 is 11.8 Å². The molecule has 0 aliphatic heterocycles. The van der Waals surface area contributed by atoms with Gasteiger partial charge in [-0.05, 0) is 53.2 Å². The maximum Gasteiger partial charge on any atom is 0.336 e. The lowest BCUT2D eigenvalue weighted by atomic mass is 9.85. The maximum absolute atomic E-state index is 14.1. The van der Waals surface area contributed by atoms with E-state index in [1.165, 1.54) is 18.6 Å². The van der Waals surface area contributed by atoms with Crippen molar-refractivity contribution in [3.05, 3.63) is 28.0 Å². The molecule has 0 aromatic heterocycles. The first-order valence-electron chi connectivity index (χ1n) is 6.90. The molecule has 0 saturated heterocycles. The van der Waals surface area contributed by atoms with Crippen LogP contribution in [0.1, 0.15) is 49.4 Å². The van der Waals surface area contributed by atoms with E-state index >= 15 is 0 Å². The van der Waals surface area contributed by atoms with Crippen LogP contribution in [0, 0.1) is 11.7 Å². The molecule has 1 aliphatic carbocycles. The zero-order valence-corrected chi connectivity index (χ0v) is 13.0. The number of carboxylic acid groups (broad SMARTS) is 1. The molecule has 2 unspecified atom stereocenters. The summed E-state index contributed by atoms with van der Waals surface area (Å²) < 4.78 is 19.8. The van der Waals surface area contributed by atoms with E-state index in [9.17, 15) is 9.18 Å². The predicted octanol–water partition coefficient (Wildman–Crippen LogP) is 4.63. The summed E-state index contributed by atoms with van der Waals surface area (Å²) in [4.78, 5) is 10.9. The topological polar surface area (TPSA) is 46.5 Å². The van der Waals surface area contributed by atoms with Gasteiger partial charge in [0.05, 0.1) is 16.1 Å². The van der Waals surface area contributed by atoms with Crippen molar-refractivity contribution in [3.8, 4) is 5.75 Å². The third-order valence-electron chi connectivity index (χ3n) is 3.88. The molecule has 1 N–H and O–H groups in total. The number of carbonyl (C=O) groups is 1. The van der Waals surface area contributed by atoms with Gasteiger partial charge in [0.2, 0.25) is 0 Å². The van der Waals surface area contributed by atoms with Crippen LogP contribution < -0.4 is 4.74 Å². The zero-order chi connectivity index (χ0) is 14.7. The molecule has 0 radical (unpaired) electrons. The van der Waals surface area contributed by atoms with Crippen LogP contribution in [-0.2, 0) is 0 Å². The van der Waals surface area contributed by atoms with Gasteiger partial charge < -0.3 is 9.84 Å². The summed E-state index contributed by atoms with van der Waals surface area (Å²) in [6.45, 7) is 2.16. The average molecular weight is 345 g/mol. The van der Waals surface area contributed by atoms with E-state index in [1.54, 1.807) is 0 Å². The van der Waals surface area contributed by atoms with Gasteiger partial charge in [-0.25, -0.2) is 9.18 Å². The molecule has 0 heterocycles. The molecule has 1 fully saturated rings. The fraction of sp³-hybridized carbons (Fsp3) is 0.533. The van der Waals surface area contributed by atoms with Gasteiger partial charge in [0.1, 0.15) is 0 Å². The first kappa shape index (κ1) is 15.3. The third kappa shape index (κ3) is 3.32. The molecule has 1 saturated carbocycles. The van der Waals surface area contributed by atoms with Crippen LogP contribution in [0.25, 0.3) is 0 Å². The van der Waals surface area contributed by atoms with Gasteiger partial charge in [-0.1, -0.05) is 19.8 Å². The van der Waals surface area contributed by atoms with Gasteiger partial charge >= 0.3 is 5.97 Å². The van der Waals surface area contributed by atoms with Gasteiger partial charge in [-0.3, -0.25) is 0 Å². The summed E-state index contributed by atoms with van der Waals surface area (Å²) in [6, 6.07) is 2.77. The Hall–Kier alpha value is -1.10. The molecule has 1 aliphatic rings. The molecular weight excluding hydrogens is 327 g/mol. The fourth-order valence-corrected chi connectivity index (χ4v) is 3.18. The van der Waals surface area contributed by atoms with Crippen molar-refractivity contribution in [3.63, 3.8) is 0 Å².